The lowest BCUT2D eigenvalue weighted by Gasteiger charge is -2.29. The van der Waals surface area contributed by atoms with Crippen molar-refractivity contribution in [3.05, 3.63) is 46.4 Å². The van der Waals surface area contributed by atoms with Crippen LogP contribution < -0.4 is 10.2 Å². The van der Waals surface area contributed by atoms with Gasteiger partial charge in [-0.15, -0.1) is 0 Å². The van der Waals surface area contributed by atoms with E-state index in [1.807, 2.05) is 12.1 Å². The summed E-state index contributed by atoms with van der Waals surface area (Å²) in [5.41, 5.74) is 3.38. The van der Waals surface area contributed by atoms with E-state index in [0.29, 0.717) is 36.6 Å². The van der Waals surface area contributed by atoms with Gasteiger partial charge in [-0.1, -0.05) is 6.07 Å². The number of rotatable bonds is 5. The molecule has 0 spiro atoms. The minimum absolute atomic E-state index is 0.0443. The van der Waals surface area contributed by atoms with Crippen LogP contribution in [-0.2, 0) is 11.3 Å². The summed E-state index contributed by atoms with van der Waals surface area (Å²) in [6, 6.07) is 3.83. The number of aromatic amines is 1. The second-order valence-corrected chi connectivity index (χ2v) is 6.45. The second-order valence-electron chi connectivity index (χ2n) is 6.45. The van der Waals surface area contributed by atoms with Crippen LogP contribution in [0.3, 0.4) is 0 Å². The van der Waals surface area contributed by atoms with E-state index in [2.05, 4.69) is 20.2 Å². The standard InChI is InChI=1S/C19H24N4O3/c1-12-16(14(3)24)13(2)22-17(12)19(25)21-11-15-5-4-6-20-18(15)23-7-9-26-10-8-23/h4-6,22H,7-11H2,1-3H3,(H,21,25). The molecule has 2 aromatic heterocycles. The third kappa shape index (κ3) is 3.62. The highest BCUT2D eigenvalue weighted by molar-refractivity contribution is 6.02. The van der Waals surface area contributed by atoms with Crippen molar-refractivity contribution in [2.45, 2.75) is 27.3 Å². The third-order valence-electron chi connectivity index (χ3n) is 4.63. The number of H-pyrrole nitrogens is 1. The Morgan fingerprint density at radius 2 is 2.04 bits per heavy atom. The van der Waals surface area contributed by atoms with Crippen molar-refractivity contribution in [1.82, 2.24) is 15.3 Å². The first kappa shape index (κ1) is 18.1. The Bertz CT molecular complexity index is 822. The van der Waals surface area contributed by atoms with Gasteiger partial charge in [-0.2, -0.15) is 0 Å². The number of ketones is 1. The van der Waals surface area contributed by atoms with Gasteiger partial charge < -0.3 is 19.9 Å². The van der Waals surface area contributed by atoms with Gasteiger partial charge in [0.25, 0.3) is 5.91 Å². The molecular weight excluding hydrogens is 332 g/mol. The molecule has 7 heteroatoms. The zero-order valence-corrected chi connectivity index (χ0v) is 15.4. The summed E-state index contributed by atoms with van der Waals surface area (Å²) in [5, 5.41) is 2.94. The van der Waals surface area contributed by atoms with E-state index in [4.69, 9.17) is 4.74 Å². The summed E-state index contributed by atoms with van der Waals surface area (Å²) >= 11 is 0. The molecule has 0 aliphatic carbocycles. The van der Waals surface area contributed by atoms with Crippen molar-refractivity contribution in [3.63, 3.8) is 0 Å². The maximum absolute atomic E-state index is 12.6. The van der Waals surface area contributed by atoms with Gasteiger partial charge in [0.15, 0.2) is 5.78 Å². The van der Waals surface area contributed by atoms with Gasteiger partial charge in [0.05, 0.1) is 13.2 Å². The lowest BCUT2D eigenvalue weighted by molar-refractivity contribution is 0.0945. The van der Waals surface area contributed by atoms with Gasteiger partial charge in [-0.05, 0) is 32.4 Å². The number of morpholine rings is 1. The largest absolute Gasteiger partial charge is 0.378 e. The number of aromatic nitrogens is 2. The fourth-order valence-corrected chi connectivity index (χ4v) is 3.40. The normalized spacial score (nSPS) is 14.3. The van der Waals surface area contributed by atoms with E-state index >= 15 is 0 Å². The van der Waals surface area contributed by atoms with Crippen LogP contribution in [-0.4, -0.2) is 48.0 Å². The van der Waals surface area contributed by atoms with Gasteiger partial charge in [0.2, 0.25) is 0 Å². The summed E-state index contributed by atoms with van der Waals surface area (Å²) in [5.74, 6) is 0.604. The summed E-state index contributed by atoms with van der Waals surface area (Å²) in [6.45, 7) is 8.40. The Morgan fingerprint density at radius 3 is 2.69 bits per heavy atom. The van der Waals surface area contributed by atoms with E-state index in [0.717, 1.165) is 30.2 Å². The number of aryl methyl sites for hydroxylation is 1. The first-order valence-electron chi connectivity index (χ1n) is 8.74. The highest BCUT2D eigenvalue weighted by atomic mass is 16.5. The number of amides is 1. The zero-order chi connectivity index (χ0) is 18.7. The molecule has 1 amide bonds. The fraction of sp³-hybridized carbons (Fsp3) is 0.421. The van der Waals surface area contributed by atoms with Crippen LogP contribution in [0.5, 0.6) is 0 Å². The average Bonchev–Trinajstić information content (AvgIpc) is 2.95. The van der Waals surface area contributed by atoms with Crippen LogP contribution in [0.1, 0.15) is 44.6 Å². The van der Waals surface area contributed by atoms with Gasteiger partial charge in [-0.3, -0.25) is 9.59 Å². The minimum Gasteiger partial charge on any atom is -0.378 e. The highest BCUT2D eigenvalue weighted by Gasteiger charge is 2.21. The smallest absolute Gasteiger partial charge is 0.268 e. The number of ether oxygens (including phenoxy) is 1. The maximum atomic E-state index is 12.6. The molecule has 1 fully saturated rings. The van der Waals surface area contributed by atoms with Crippen molar-refractivity contribution < 1.29 is 14.3 Å². The number of carbonyl (C=O) groups excluding carboxylic acids is 2. The third-order valence-corrected chi connectivity index (χ3v) is 4.63. The molecule has 7 nitrogen and oxygen atoms in total. The Balaban J connectivity index is 1.75. The molecule has 0 unspecified atom stereocenters. The number of anilines is 1. The first-order valence-corrected chi connectivity index (χ1v) is 8.74. The fourth-order valence-electron chi connectivity index (χ4n) is 3.40. The van der Waals surface area contributed by atoms with Crippen molar-refractivity contribution in [1.29, 1.82) is 0 Å². The van der Waals surface area contributed by atoms with E-state index in [9.17, 15) is 9.59 Å². The Morgan fingerprint density at radius 1 is 1.31 bits per heavy atom. The molecule has 3 heterocycles. The molecule has 138 valence electrons. The van der Waals surface area contributed by atoms with Gasteiger partial charge in [0.1, 0.15) is 11.5 Å². The predicted molar refractivity (Wildman–Crippen MR) is 98.7 cm³/mol. The van der Waals surface area contributed by atoms with E-state index in [1.165, 1.54) is 6.92 Å². The molecular formula is C19H24N4O3. The van der Waals surface area contributed by atoms with Crippen LogP contribution >= 0.6 is 0 Å². The Kier molecular flexibility index (Phi) is 5.37. The topological polar surface area (TPSA) is 87.3 Å². The number of pyridine rings is 1. The second kappa shape index (κ2) is 7.70. The number of nitrogens with zero attached hydrogens (tertiary/aromatic N) is 2. The van der Waals surface area contributed by atoms with E-state index in [-0.39, 0.29) is 11.7 Å². The lowest BCUT2D eigenvalue weighted by atomic mass is 10.1. The molecule has 0 atom stereocenters. The van der Waals surface area contributed by atoms with Crippen molar-refractivity contribution in [3.8, 4) is 0 Å². The van der Waals surface area contributed by atoms with Crippen LogP contribution in [0.2, 0.25) is 0 Å². The molecule has 3 rings (SSSR count). The monoisotopic (exact) mass is 356 g/mol. The molecule has 26 heavy (non-hydrogen) atoms. The van der Waals surface area contributed by atoms with Gasteiger partial charge in [-0.25, -0.2) is 4.98 Å². The number of carbonyl (C=O) groups is 2. The summed E-state index contributed by atoms with van der Waals surface area (Å²) in [6.07, 6.45) is 1.76. The summed E-state index contributed by atoms with van der Waals surface area (Å²) in [7, 11) is 0. The molecule has 1 aliphatic rings. The molecule has 0 aromatic carbocycles. The molecule has 2 aromatic rings. The minimum atomic E-state index is -0.227. The van der Waals surface area contributed by atoms with Crippen LogP contribution in [0.4, 0.5) is 5.82 Å². The average molecular weight is 356 g/mol. The van der Waals surface area contributed by atoms with Crippen molar-refractivity contribution in [2.75, 3.05) is 31.2 Å². The van der Waals surface area contributed by atoms with E-state index < -0.39 is 0 Å². The number of hydrogen-bond donors (Lipinski definition) is 2. The molecule has 0 radical (unpaired) electrons. The number of nitrogens with one attached hydrogen (secondary N) is 2. The SMILES string of the molecule is CC(=O)c1c(C)[nH]c(C(=O)NCc2cccnc2N2CCOCC2)c1C. The van der Waals surface area contributed by atoms with Crippen molar-refractivity contribution >= 4 is 17.5 Å². The number of Topliss-reactive ketones (excluding diaryl/α,β-unsaturated/α-hetero) is 1. The summed E-state index contributed by atoms with van der Waals surface area (Å²) < 4.78 is 5.39. The highest BCUT2D eigenvalue weighted by Crippen LogP contribution is 2.20. The molecule has 0 saturated carbocycles. The van der Waals surface area contributed by atoms with Gasteiger partial charge in [0, 0.05) is 42.7 Å². The maximum Gasteiger partial charge on any atom is 0.268 e. The lowest BCUT2D eigenvalue weighted by Crippen LogP contribution is -2.37. The Labute approximate surface area is 152 Å². The van der Waals surface area contributed by atoms with Crippen LogP contribution in [0, 0.1) is 13.8 Å². The quantitative estimate of drug-likeness (QED) is 0.800. The molecule has 1 aliphatic heterocycles. The number of hydrogen-bond acceptors (Lipinski definition) is 5. The van der Waals surface area contributed by atoms with E-state index in [1.54, 1.807) is 20.0 Å². The Hall–Kier alpha value is -2.67. The first-order chi connectivity index (χ1) is 12.5. The predicted octanol–water partition coefficient (Wildman–Crippen LogP) is 2.00. The van der Waals surface area contributed by atoms with Crippen LogP contribution in [0.15, 0.2) is 18.3 Å². The molecule has 1 saturated heterocycles. The molecule has 2 N–H and O–H groups in total. The van der Waals surface area contributed by atoms with Crippen LogP contribution in [0.25, 0.3) is 0 Å². The molecule has 0 bridgehead atoms. The van der Waals surface area contributed by atoms with Gasteiger partial charge >= 0.3 is 0 Å². The zero-order valence-electron chi connectivity index (χ0n) is 15.4. The summed E-state index contributed by atoms with van der Waals surface area (Å²) in [4.78, 5) is 34.0. The van der Waals surface area contributed by atoms with Crippen molar-refractivity contribution in [2.24, 2.45) is 0 Å².